The molecule has 15 heavy (non-hydrogen) atoms. The lowest BCUT2D eigenvalue weighted by Crippen LogP contribution is -2.63. The van der Waals surface area contributed by atoms with Crippen LogP contribution in [0.5, 0.6) is 0 Å². The summed E-state index contributed by atoms with van der Waals surface area (Å²) in [5.74, 6) is 0.583. The molecule has 84 valence electrons. The lowest BCUT2D eigenvalue weighted by Gasteiger charge is -2.54. The summed E-state index contributed by atoms with van der Waals surface area (Å²) in [6.07, 6.45) is 2.00. The van der Waals surface area contributed by atoms with Crippen LogP contribution in [0.15, 0.2) is 0 Å². The molecule has 1 spiro atoms. The number of piperidine rings is 1. The number of hydrogen-bond donors (Lipinski definition) is 1. The summed E-state index contributed by atoms with van der Waals surface area (Å²) in [6, 6.07) is 2.99. The lowest BCUT2D eigenvalue weighted by molar-refractivity contribution is -0.0174. The third-order valence-electron chi connectivity index (χ3n) is 4.24. The Morgan fingerprint density at radius 3 is 2.73 bits per heavy atom. The standard InChI is InChI=1S/C12H21N3/c1-10(2)15-6-4-12(8-14-9-12)11(7-15)3-5-13/h10-11,14H,3-4,6-9H2,1-2H3. The maximum Gasteiger partial charge on any atom is 0.0625 e. The van der Waals surface area contributed by atoms with Crippen molar-refractivity contribution in [3.05, 3.63) is 0 Å². The molecule has 0 radical (unpaired) electrons. The van der Waals surface area contributed by atoms with Gasteiger partial charge in [-0.3, -0.25) is 0 Å². The molecule has 2 heterocycles. The van der Waals surface area contributed by atoms with Gasteiger partial charge in [-0.15, -0.1) is 0 Å². The van der Waals surface area contributed by atoms with Crippen LogP contribution in [-0.4, -0.2) is 37.1 Å². The topological polar surface area (TPSA) is 39.1 Å². The van der Waals surface area contributed by atoms with Crippen LogP contribution >= 0.6 is 0 Å². The highest BCUT2D eigenvalue weighted by Gasteiger charge is 2.47. The van der Waals surface area contributed by atoms with E-state index in [1.807, 2.05) is 0 Å². The van der Waals surface area contributed by atoms with Gasteiger partial charge in [-0.25, -0.2) is 0 Å². The van der Waals surface area contributed by atoms with Gasteiger partial charge in [-0.05, 0) is 32.7 Å². The van der Waals surface area contributed by atoms with E-state index in [1.165, 1.54) is 13.0 Å². The second kappa shape index (κ2) is 4.11. The summed E-state index contributed by atoms with van der Waals surface area (Å²) in [6.45, 7) is 9.09. The summed E-state index contributed by atoms with van der Waals surface area (Å²) in [5.41, 5.74) is 0.459. The first kappa shape index (κ1) is 10.9. The number of likely N-dealkylation sites (tertiary alicyclic amines) is 1. The Bertz CT molecular complexity index is 263. The summed E-state index contributed by atoms with van der Waals surface area (Å²) < 4.78 is 0. The van der Waals surface area contributed by atoms with Crippen LogP contribution in [0.3, 0.4) is 0 Å². The van der Waals surface area contributed by atoms with E-state index in [9.17, 15) is 0 Å². The summed E-state index contributed by atoms with van der Waals surface area (Å²) >= 11 is 0. The van der Waals surface area contributed by atoms with Gasteiger partial charge in [0, 0.05) is 37.5 Å². The first-order chi connectivity index (χ1) is 7.18. The Hall–Kier alpha value is -0.590. The highest BCUT2D eigenvalue weighted by Crippen LogP contribution is 2.41. The van der Waals surface area contributed by atoms with E-state index in [0.717, 1.165) is 26.1 Å². The van der Waals surface area contributed by atoms with Gasteiger partial charge in [0.25, 0.3) is 0 Å². The predicted octanol–water partition coefficient (Wildman–Crippen LogP) is 1.22. The normalized spacial score (nSPS) is 30.1. The number of nitrogens with one attached hydrogen (secondary N) is 1. The first-order valence-electron chi connectivity index (χ1n) is 6.00. The zero-order valence-corrected chi connectivity index (χ0v) is 9.79. The molecule has 1 N–H and O–H groups in total. The monoisotopic (exact) mass is 207 g/mol. The van der Waals surface area contributed by atoms with Crippen LogP contribution in [0.25, 0.3) is 0 Å². The second-order valence-electron chi connectivity index (χ2n) is 5.36. The average Bonchev–Trinajstić information content (AvgIpc) is 2.15. The maximum absolute atomic E-state index is 8.91. The molecule has 3 nitrogen and oxygen atoms in total. The van der Waals surface area contributed by atoms with Crippen LogP contribution < -0.4 is 5.32 Å². The Balaban J connectivity index is 2.03. The van der Waals surface area contributed by atoms with E-state index in [-0.39, 0.29) is 0 Å². The lowest BCUT2D eigenvalue weighted by atomic mass is 9.65. The molecule has 0 bridgehead atoms. The van der Waals surface area contributed by atoms with E-state index >= 15 is 0 Å². The van der Waals surface area contributed by atoms with Crippen LogP contribution in [0, 0.1) is 22.7 Å². The van der Waals surface area contributed by atoms with Gasteiger partial charge in [0.15, 0.2) is 0 Å². The van der Waals surface area contributed by atoms with Crippen LogP contribution in [-0.2, 0) is 0 Å². The van der Waals surface area contributed by atoms with E-state index in [1.54, 1.807) is 0 Å². The van der Waals surface area contributed by atoms with Crippen molar-refractivity contribution in [2.75, 3.05) is 26.2 Å². The molecular formula is C12H21N3. The number of nitriles is 1. The molecule has 3 heteroatoms. The molecule has 2 aliphatic rings. The van der Waals surface area contributed by atoms with Crippen molar-refractivity contribution in [2.45, 2.75) is 32.7 Å². The number of rotatable bonds is 2. The molecule has 0 aliphatic carbocycles. The average molecular weight is 207 g/mol. The number of nitrogens with zero attached hydrogens (tertiary/aromatic N) is 2. The van der Waals surface area contributed by atoms with Gasteiger partial charge in [-0.1, -0.05) is 0 Å². The minimum atomic E-state index is 0.459. The molecule has 1 atom stereocenters. The molecule has 2 saturated heterocycles. The Labute approximate surface area is 92.4 Å². The van der Waals surface area contributed by atoms with E-state index in [0.29, 0.717) is 17.4 Å². The fraction of sp³-hybridized carbons (Fsp3) is 0.917. The van der Waals surface area contributed by atoms with Crippen molar-refractivity contribution in [3.8, 4) is 6.07 Å². The van der Waals surface area contributed by atoms with Crippen molar-refractivity contribution in [2.24, 2.45) is 11.3 Å². The van der Waals surface area contributed by atoms with Crippen LogP contribution in [0.1, 0.15) is 26.7 Å². The Morgan fingerprint density at radius 2 is 2.27 bits per heavy atom. The second-order valence-corrected chi connectivity index (χ2v) is 5.36. The molecule has 1 unspecified atom stereocenters. The highest BCUT2D eigenvalue weighted by atomic mass is 15.2. The zero-order valence-electron chi connectivity index (χ0n) is 9.79. The quantitative estimate of drug-likeness (QED) is 0.740. The molecule has 0 aromatic rings. The minimum absolute atomic E-state index is 0.459. The smallest absolute Gasteiger partial charge is 0.0625 e. The molecule has 2 rings (SSSR count). The van der Waals surface area contributed by atoms with E-state index in [2.05, 4.69) is 30.1 Å². The van der Waals surface area contributed by atoms with Crippen LogP contribution in [0.2, 0.25) is 0 Å². The van der Waals surface area contributed by atoms with Crippen molar-refractivity contribution >= 4 is 0 Å². The minimum Gasteiger partial charge on any atom is -0.316 e. The van der Waals surface area contributed by atoms with Gasteiger partial charge >= 0.3 is 0 Å². The molecular weight excluding hydrogens is 186 g/mol. The van der Waals surface area contributed by atoms with Gasteiger partial charge in [0.1, 0.15) is 0 Å². The fourth-order valence-corrected chi connectivity index (χ4v) is 2.91. The third-order valence-corrected chi connectivity index (χ3v) is 4.24. The molecule has 2 aliphatic heterocycles. The van der Waals surface area contributed by atoms with Gasteiger partial charge in [-0.2, -0.15) is 5.26 Å². The largest absolute Gasteiger partial charge is 0.316 e. The van der Waals surface area contributed by atoms with Crippen molar-refractivity contribution in [1.82, 2.24) is 10.2 Å². The Morgan fingerprint density at radius 1 is 1.53 bits per heavy atom. The molecule has 0 amide bonds. The first-order valence-corrected chi connectivity index (χ1v) is 6.00. The third kappa shape index (κ3) is 1.89. The SMILES string of the molecule is CC(C)N1CCC2(CNC2)C(CC#N)C1. The van der Waals surface area contributed by atoms with E-state index < -0.39 is 0 Å². The highest BCUT2D eigenvalue weighted by molar-refractivity contribution is 5.03. The van der Waals surface area contributed by atoms with Gasteiger partial charge < -0.3 is 10.2 Å². The van der Waals surface area contributed by atoms with Gasteiger partial charge in [0.2, 0.25) is 0 Å². The number of hydrogen-bond acceptors (Lipinski definition) is 3. The van der Waals surface area contributed by atoms with E-state index in [4.69, 9.17) is 5.26 Å². The zero-order chi connectivity index (χ0) is 10.9. The van der Waals surface area contributed by atoms with Crippen molar-refractivity contribution < 1.29 is 0 Å². The maximum atomic E-state index is 8.91. The van der Waals surface area contributed by atoms with Crippen molar-refractivity contribution in [1.29, 1.82) is 5.26 Å². The molecule has 0 saturated carbocycles. The van der Waals surface area contributed by atoms with Crippen LogP contribution in [0.4, 0.5) is 0 Å². The van der Waals surface area contributed by atoms with Crippen molar-refractivity contribution in [3.63, 3.8) is 0 Å². The summed E-state index contributed by atoms with van der Waals surface area (Å²) in [5, 5.41) is 12.3. The fourth-order valence-electron chi connectivity index (χ4n) is 2.91. The molecule has 0 aromatic heterocycles. The molecule has 2 fully saturated rings. The predicted molar refractivity (Wildman–Crippen MR) is 60.3 cm³/mol. The summed E-state index contributed by atoms with van der Waals surface area (Å²) in [4.78, 5) is 2.52. The Kier molecular flexibility index (Phi) is 2.99. The summed E-state index contributed by atoms with van der Waals surface area (Å²) in [7, 11) is 0. The van der Waals surface area contributed by atoms with Gasteiger partial charge in [0.05, 0.1) is 6.07 Å². The molecule has 0 aromatic carbocycles.